The lowest BCUT2D eigenvalue weighted by Crippen LogP contribution is -2.20. The second kappa shape index (κ2) is 5.06. The van der Waals surface area contributed by atoms with E-state index in [0.717, 1.165) is 0 Å². The number of carbonyl (C=O) groups is 1. The molecule has 2 aromatic rings. The van der Waals surface area contributed by atoms with E-state index >= 15 is 0 Å². The summed E-state index contributed by atoms with van der Waals surface area (Å²) in [5.74, 6) is -0.0774. The van der Waals surface area contributed by atoms with Crippen LogP contribution in [0.15, 0.2) is 30.6 Å². The van der Waals surface area contributed by atoms with E-state index in [9.17, 15) is 9.18 Å². The Bertz CT molecular complexity index is 484. The summed E-state index contributed by atoms with van der Waals surface area (Å²) in [7, 11) is 0. The lowest BCUT2D eigenvalue weighted by molar-refractivity contribution is -0.118. The van der Waals surface area contributed by atoms with Crippen molar-refractivity contribution in [1.82, 2.24) is 15.2 Å². The number of anilines is 1. The third-order valence-corrected chi connectivity index (χ3v) is 1.86. The van der Waals surface area contributed by atoms with E-state index in [-0.39, 0.29) is 24.3 Å². The molecule has 1 heterocycles. The number of ether oxygens (including phenoxy) is 1. The molecule has 0 bridgehead atoms. The van der Waals surface area contributed by atoms with Crippen LogP contribution < -0.4 is 10.1 Å². The number of benzene rings is 1. The Hall–Kier alpha value is -2.44. The van der Waals surface area contributed by atoms with Gasteiger partial charge in [0.15, 0.2) is 6.61 Å². The van der Waals surface area contributed by atoms with E-state index in [0.29, 0.717) is 5.75 Å². The Morgan fingerprint density at radius 3 is 2.82 bits per heavy atom. The summed E-state index contributed by atoms with van der Waals surface area (Å²) in [6, 6.07) is 5.39. The molecule has 0 aliphatic heterocycles. The minimum absolute atomic E-state index is 0.188. The molecule has 0 saturated carbocycles. The standard InChI is InChI=1S/C10H9FN4O2/c11-7-1-3-8(4-2-7)17-5-9(16)14-10-12-6-13-15-10/h1-4,6H,5H2,(H2,12,13,14,15,16). The van der Waals surface area contributed by atoms with Gasteiger partial charge in [0.2, 0.25) is 5.95 Å². The minimum Gasteiger partial charge on any atom is -0.484 e. The van der Waals surface area contributed by atoms with Gasteiger partial charge in [0, 0.05) is 0 Å². The van der Waals surface area contributed by atoms with Crippen molar-refractivity contribution in [2.75, 3.05) is 11.9 Å². The molecule has 6 nitrogen and oxygen atoms in total. The van der Waals surface area contributed by atoms with Gasteiger partial charge >= 0.3 is 0 Å². The van der Waals surface area contributed by atoms with Gasteiger partial charge in [0.05, 0.1) is 0 Å². The van der Waals surface area contributed by atoms with E-state index in [2.05, 4.69) is 20.5 Å². The van der Waals surface area contributed by atoms with Crippen molar-refractivity contribution in [1.29, 1.82) is 0 Å². The summed E-state index contributed by atoms with van der Waals surface area (Å²) in [6.45, 7) is -0.188. The number of aromatic nitrogens is 3. The molecular weight excluding hydrogens is 227 g/mol. The van der Waals surface area contributed by atoms with Crippen LogP contribution in [0.25, 0.3) is 0 Å². The third kappa shape index (κ3) is 3.26. The number of amides is 1. The van der Waals surface area contributed by atoms with Crippen LogP contribution >= 0.6 is 0 Å². The van der Waals surface area contributed by atoms with Crippen molar-refractivity contribution in [3.8, 4) is 5.75 Å². The summed E-state index contributed by atoms with van der Waals surface area (Å²) in [6.07, 6.45) is 1.27. The van der Waals surface area contributed by atoms with Gasteiger partial charge in [0.25, 0.3) is 5.91 Å². The first kappa shape index (κ1) is 11.1. The van der Waals surface area contributed by atoms with E-state index in [1.807, 2.05) is 0 Å². The van der Waals surface area contributed by atoms with Crippen LogP contribution in [0.2, 0.25) is 0 Å². The average Bonchev–Trinajstić information content (AvgIpc) is 2.81. The van der Waals surface area contributed by atoms with E-state index in [1.165, 1.54) is 30.6 Å². The number of halogens is 1. The van der Waals surface area contributed by atoms with Crippen molar-refractivity contribution in [3.05, 3.63) is 36.4 Å². The molecule has 7 heteroatoms. The number of carbonyl (C=O) groups excluding carboxylic acids is 1. The van der Waals surface area contributed by atoms with Gasteiger partial charge in [-0.25, -0.2) is 9.49 Å². The first-order valence-electron chi connectivity index (χ1n) is 4.77. The molecule has 0 saturated heterocycles. The minimum atomic E-state index is -0.383. The summed E-state index contributed by atoms with van der Waals surface area (Å²) >= 11 is 0. The summed E-state index contributed by atoms with van der Waals surface area (Å²) in [4.78, 5) is 15.1. The van der Waals surface area contributed by atoms with Crippen molar-refractivity contribution >= 4 is 11.9 Å². The van der Waals surface area contributed by atoms with Gasteiger partial charge in [-0.3, -0.25) is 10.1 Å². The SMILES string of the molecule is O=C(COc1ccc(F)cc1)Nc1ncn[nH]1. The van der Waals surface area contributed by atoms with Crippen LogP contribution in [0.4, 0.5) is 10.3 Å². The molecule has 0 aliphatic carbocycles. The number of rotatable bonds is 4. The lowest BCUT2D eigenvalue weighted by atomic mass is 10.3. The smallest absolute Gasteiger partial charge is 0.264 e. The Morgan fingerprint density at radius 2 is 2.18 bits per heavy atom. The van der Waals surface area contributed by atoms with Crippen LogP contribution in [-0.4, -0.2) is 27.7 Å². The fourth-order valence-electron chi connectivity index (χ4n) is 1.11. The summed E-state index contributed by atoms with van der Waals surface area (Å²) in [5, 5.41) is 8.48. The lowest BCUT2D eigenvalue weighted by Gasteiger charge is -2.05. The fraction of sp³-hybridized carbons (Fsp3) is 0.100. The predicted molar refractivity (Wildman–Crippen MR) is 56.9 cm³/mol. The average molecular weight is 236 g/mol. The summed E-state index contributed by atoms with van der Waals surface area (Å²) in [5.41, 5.74) is 0. The quantitative estimate of drug-likeness (QED) is 0.828. The van der Waals surface area contributed by atoms with E-state index in [4.69, 9.17) is 4.74 Å². The maximum atomic E-state index is 12.6. The van der Waals surface area contributed by atoms with Crippen LogP contribution in [0.1, 0.15) is 0 Å². The molecule has 0 aliphatic rings. The topological polar surface area (TPSA) is 79.9 Å². The van der Waals surface area contributed by atoms with Crippen LogP contribution in [0.5, 0.6) is 5.75 Å². The van der Waals surface area contributed by atoms with Gasteiger partial charge in [-0.05, 0) is 24.3 Å². The molecule has 0 unspecified atom stereocenters. The van der Waals surface area contributed by atoms with E-state index in [1.54, 1.807) is 0 Å². The Kier molecular flexibility index (Phi) is 3.29. The molecule has 0 spiro atoms. The molecule has 88 valence electrons. The number of hydrogen-bond acceptors (Lipinski definition) is 4. The van der Waals surface area contributed by atoms with Gasteiger partial charge in [-0.1, -0.05) is 0 Å². The van der Waals surface area contributed by atoms with Gasteiger partial charge in [-0.2, -0.15) is 10.1 Å². The third-order valence-electron chi connectivity index (χ3n) is 1.86. The number of aromatic amines is 1. The molecule has 17 heavy (non-hydrogen) atoms. The summed E-state index contributed by atoms with van der Waals surface area (Å²) < 4.78 is 17.7. The molecule has 0 atom stereocenters. The largest absolute Gasteiger partial charge is 0.484 e. The Morgan fingerprint density at radius 1 is 1.41 bits per heavy atom. The number of H-pyrrole nitrogens is 1. The normalized spacial score (nSPS) is 9.94. The first-order valence-corrected chi connectivity index (χ1v) is 4.77. The maximum absolute atomic E-state index is 12.6. The molecular formula is C10H9FN4O2. The van der Waals surface area contributed by atoms with Gasteiger partial charge < -0.3 is 4.74 Å². The highest BCUT2D eigenvalue weighted by Gasteiger charge is 2.05. The molecule has 1 aromatic heterocycles. The monoisotopic (exact) mass is 236 g/mol. The fourth-order valence-corrected chi connectivity index (χ4v) is 1.11. The molecule has 0 fully saturated rings. The van der Waals surface area contributed by atoms with Gasteiger partial charge in [0.1, 0.15) is 17.9 Å². The Labute approximate surface area is 95.8 Å². The molecule has 1 aromatic carbocycles. The van der Waals surface area contributed by atoms with Crippen molar-refractivity contribution < 1.29 is 13.9 Å². The highest BCUT2D eigenvalue weighted by atomic mass is 19.1. The highest BCUT2D eigenvalue weighted by Crippen LogP contribution is 2.10. The second-order valence-corrected chi connectivity index (χ2v) is 3.12. The zero-order chi connectivity index (χ0) is 12.1. The van der Waals surface area contributed by atoms with Crippen molar-refractivity contribution in [3.63, 3.8) is 0 Å². The molecule has 2 rings (SSSR count). The molecule has 2 N–H and O–H groups in total. The van der Waals surface area contributed by atoms with Crippen molar-refractivity contribution in [2.24, 2.45) is 0 Å². The van der Waals surface area contributed by atoms with Gasteiger partial charge in [-0.15, -0.1) is 0 Å². The van der Waals surface area contributed by atoms with Crippen LogP contribution in [0, 0.1) is 5.82 Å². The predicted octanol–water partition coefficient (Wildman–Crippen LogP) is 0.961. The first-order chi connectivity index (χ1) is 8.24. The maximum Gasteiger partial charge on any atom is 0.264 e. The van der Waals surface area contributed by atoms with Crippen LogP contribution in [-0.2, 0) is 4.79 Å². The van der Waals surface area contributed by atoms with Crippen molar-refractivity contribution in [2.45, 2.75) is 0 Å². The number of nitrogens with zero attached hydrogens (tertiary/aromatic N) is 2. The Balaban J connectivity index is 1.82. The number of nitrogens with one attached hydrogen (secondary N) is 2. The second-order valence-electron chi connectivity index (χ2n) is 3.12. The number of hydrogen-bond donors (Lipinski definition) is 2. The van der Waals surface area contributed by atoms with E-state index < -0.39 is 0 Å². The molecule has 1 amide bonds. The zero-order valence-corrected chi connectivity index (χ0v) is 8.68. The van der Waals surface area contributed by atoms with Crippen LogP contribution in [0.3, 0.4) is 0 Å². The zero-order valence-electron chi connectivity index (χ0n) is 8.68. The highest BCUT2D eigenvalue weighted by molar-refractivity contribution is 5.90. The molecule has 0 radical (unpaired) electrons.